The number of aliphatic imine (C=N–C) groups is 1. The predicted octanol–water partition coefficient (Wildman–Crippen LogP) is 2.64. The molecule has 0 spiro atoms. The summed E-state index contributed by atoms with van der Waals surface area (Å²) in [4.78, 5) is 31.0. The second kappa shape index (κ2) is 8.35. The lowest BCUT2D eigenvalue weighted by Crippen LogP contribution is -2.42. The number of carbonyl (C=O) groups excluding carboxylic acids is 1. The SMILES string of the molecule is O=C(O)c1cccc(Cn2cc(-c3cccc4c3N=C(N3CCOCC3)CC4=O)nn2)c1. The zero-order valence-electron chi connectivity index (χ0n) is 17.3. The Morgan fingerprint density at radius 1 is 1.09 bits per heavy atom. The molecule has 2 aliphatic heterocycles. The number of hydrogen-bond donors (Lipinski definition) is 1. The van der Waals surface area contributed by atoms with Crippen LogP contribution in [0.1, 0.15) is 32.7 Å². The molecule has 9 heteroatoms. The van der Waals surface area contributed by atoms with E-state index in [4.69, 9.17) is 9.73 Å². The first-order valence-electron chi connectivity index (χ1n) is 10.4. The lowest BCUT2D eigenvalue weighted by atomic mass is 9.97. The van der Waals surface area contributed by atoms with E-state index in [-0.39, 0.29) is 17.8 Å². The first-order valence-corrected chi connectivity index (χ1v) is 10.4. The Bertz CT molecular complexity index is 1230. The van der Waals surface area contributed by atoms with Gasteiger partial charge in [0.25, 0.3) is 0 Å². The lowest BCUT2D eigenvalue weighted by Gasteiger charge is -2.31. The molecular formula is C23H21N5O4. The van der Waals surface area contributed by atoms with Crippen molar-refractivity contribution in [1.82, 2.24) is 19.9 Å². The number of ether oxygens (including phenoxy) is 1. The topological polar surface area (TPSA) is 110 Å². The van der Waals surface area contributed by atoms with Gasteiger partial charge in [-0.2, -0.15) is 0 Å². The number of rotatable bonds is 4. The number of aromatic carboxylic acids is 1. The van der Waals surface area contributed by atoms with Crippen molar-refractivity contribution >= 4 is 23.3 Å². The standard InChI is InChI=1S/C23H21N5O4/c29-20-12-21(27-7-9-32-10-8-27)24-22-17(5-2-6-18(20)22)19-14-28(26-25-19)13-15-3-1-4-16(11-15)23(30)31/h1-6,11,14H,7-10,12-13H2,(H,30,31). The fourth-order valence-electron chi connectivity index (χ4n) is 4.00. The molecular weight excluding hydrogens is 410 g/mol. The van der Waals surface area contributed by atoms with Crippen LogP contribution in [-0.2, 0) is 11.3 Å². The van der Waals surface area contributed by atoms with Crippen LogP contribution in [0.25, 0.3) is 11.3 Å². The van der Waals surface area contributed by atoms with Crippen LogP contribution in [0.15, 0.2) is 53.7 Å². The van der Waals surface area contributed by atoms with Gasteiger partial charge in [0.2, 0.25) is 0 Å². The Kier molecular flexibility index (Phi) is 5.24. The number of Topliss-reactive ketones (excluding diaryl/α,β-unsaturated/α-hetero) is 1. The van der Waals surface area contributed by atoms with Crippen LogP contribution in [-0.4, -0.2) is 68.9 Å². The van der Waals surface area contributed by atoms with Crippen molar-refractivity contribution in [3.8, 4) is 11.3 Å². The summed E-state index contributed by atoms with van der Waals surface area (Å²) in [6.07, 6.45) is 2.06. The summed E-state index contributed by atoms with van der Waals surface area (Å²) < 4.78 is 7.06. The van der Waals surface area contributed by atoms with E-state index >= 15 is 0 Å². The third-order valence-electron chi connectivity index (χ3n) is 5.61. The van der Waals surface area contributed by atoms with Crippen molar-refractivity contribution in [1.29, 1.82) is 0 Å². The van der Waals surface area contributed by atoms with Gasteiger partial charge in [0.15, 0.2) is 5.78 Å². The molecule has 2 aliphatic rings. The number of morpholine rings is 1. The van der Waals surface area contributed by atoms with Crippen molar-refractivity contribution in [2.75, 3.05) is 26.3 Å². The molecule has 0 radical (unpaired) electrons. The number of hydrogen-bond acceptors (Lipinski definition) is 7. The molecule has 1 N–H and O–H groups in total. The van der Waals surface area contributed by atoms with Gasteiger partial charge >= 0.3 is 5.97 Å². The van der Waals surface area contributed by atoms with E-state index in [2.05, 4.69) is 15.2 Å². The summed E-state index contributed by atoms with van der Waals surface area (Å²) >= 11 is 0. The zero-order valence-corrected chi connectivity index (χ0v) is 17.3. The highest BCUT2D eigenvalue weighted by Gasteiger charge is 2.27. The summed E-state index contributed by atoms with van der Waals surface area (Å²) in [6.45, 7) is 3.06. The van der Waals surface area contributed by atoms with E-state index in [1.54, 1.807) is 35.1 Å². The second-order valence-electron chi connectivity index (χ2n) is 7.74. The minimum absolute atomic E-state index is 0.0382. The number of para-hydroxylation sites is 1. The molecule has 3 aromatic rings. The van der Waals surface area contributed by atoms with Gasteiger partial charge in [-0.25, -0.2) is 14.5 Å². The van der Waals surface area contributed by atoms with Crippen LogP contribution in [0.2, 0.25) is 0 Å². The molecule has 0 amide bonds. The minimum atomic E-state index is -0.972. The van der Waals surface area contributed by atoms with Gasteiger partial charge in [0.05, 0.1) is 43.6 Å². The number of amidine groups is 1. The normalized spacial score (nSPS) is 15.9. The highest BCUT2D eigenvalue weighted by molar-refractivity contribution is 6.16. The molecule has 1 saturated heterocycles. The molecule has 5 rings (SSSR count). The molecule has 2 aromatic carbocycles. The van der Waals surface area contributed by atoms with Crippen molar-refractivity contribution in [2.45, 2.75) is 13.0 Å². The number of benzene rings is 2. The quantitative estimate of drug-likeness (QED) is 0.676. The first-order chi connectivity index (χ1) is 15.6. The zero-order chi connectivity index (χ0) is 22.1. The van der Waals surface area contributed by atoms with Gasteiger partial charge in [0.1, 0.15) is 11.5 Å². The number of carboxylic acids is 1. The van der Waals surface area contributed by atoms with E-state index in [0.29, 0.717) is 36.7 Å². The van der Waals surface area contributed by atoms with Crippen molar-refractivity contribution in [3.05, 3.63) is 65.4 Å². The monoisotopic (exact) mass is 431 g/mol. The number of aromatic nitrogens is 3. The lowest BCUT2D eigenvalue weighted by molar-refractivity contribution is 0.0665. The molecule has 0 saturated carbocycles. The maximum atomic E-state index is 12.8. The molecule has 32 heavy (non-hydrogen) atoms. The number of fused-ring (bicyclic) bond motifs is 1. The summed E-state index contributed by atoms with van der Waals surface area (Å²) in [5, 5.41) is 17.7. The van der Waals surface area contributed by atoms with Crippen molar-refractivity contribution < 1.29 is 19.4 Å². The van der Waals surface area contributed by atoms with Crippen LogP contribution in [0, 0.1) is 0 Å². The van der Waals surface area contributed by atoms with Crippen LogP contribution in [0.5, 0.6) is 0 Å². The molecule has 0 aliphatic carbocycles. The van der Waals surface area contributed by atoms with Crippen molar-refractivity contribution in [2.24, 2.45) is 4.99 Å². The molecule has 162 valence electrons. The van der Waals surface area contributed by atoms with E-state index in [9.17, 15) is 14.7 Å². The average Bonchev–Trinajstić information content (AvgIpc) is 3.27. The van der Waals surface area contributed by atoms with Gasteiger partial charge < -0.3 is 14.7 Å². The minimum Gasteiger partial charge on any atom is -0.478 e. The molecule has 1 fully saturated rings. The molecule has 9 nitrogen and oxygen atoms in total. The number of carbonyl (C=O) groups is 2. The Morgan fingerprint density at radius 2 is 1.88 bits per heavy atom. The van der Waals surface area contributed by atoms with Gasteiger partial charge in [0, 0.05) is 24.2 Å². The molecule has 0 bridgehead atoms. The van der Waals surface area contributed by atoms with Crippen LogP contribution in [0.4, 0.5) is 5.69 Å². The van der Waals surface area contributed by atoms with Gasteiger partial charge in [-0.1, -0.05) is 29.5 Å². The smallest absolute Gasteiger partial charge is 0.335 e. The fourth-order valence-corrected chi connectivity index (χ4v) is 4.00. The Labute approximate surface area is 183 Å². The third-order valence-corrected chi connectivity index (χ3v) is 5.61. The van der Waals surface area contributed by atoms with Crippen LogP contribution < -0.4 is 0 Å². The van der Waals surface area contributed by atoms with E-state index < -0.39 is 5.97 Å². The summed E-state index contributed by atoms with van der Waals surface area (Å²) in [5.74, 6) is -0.173. The fraction of sp³-hybridized carbons (Fsp3) is 0.261. The highest BCUT2D eigenvalue weighted by atomic mass is 16.5. The number of nitrogens with zero attached hydrogens (tertiary/aromatic N) is 5. The average molecular weight is 431 g/mol. The first kappa shape index (κ1) is 20.1. The largest absolute Gasteiger partial charge is 0.478 e. The highest BCUT2D eigenvalue weighted by Crippen LogP contribution is 2.36. The van der Waals surface area contributed by atoms with Crippen molar-refractivity contribution in [3.63, 3.8) is 0 Å². The Hall–Kier alpha value is -3.85. The second-order valence-corrected chi connectivity index (χ2v) is 7.74. The Balaban J connectivity index is 1.46. The molecule has 0 unspecified atom stereocenters. The maximum Gasteiger partial charge on any atom is 0.335 e. The van der Waals surface area contributed by atoms with Crippen LogP contribution in [0.3, 0.4) is 0 Å². The van der Waals surface area contributed by atoms with E-state index in [1.807, 2.05) is 18.2 Å². The molecule has 1 aromatic heterocycles. The van der Waals surface area contributed by atoms with E-state index in [1.165, 1.54) is 0 Å². The number of carboxylic acid groups (broad SMARTS) is 1. The number of ketones is 1. The van der Waals surface area contributed by atoms with E-state index in [0.717, 1.165) is 30.1 Å². The third kappa shape index (κ3) is 3.90. The summed E-state index contributed by atoms with van der Waals surface area (Å²) in [7, 11) is 0. The molecule has 3 heterocycles. The summed E-state index contributed by atoms with van der Waals surface area (Å²) in [6, 6.07) is 12.2. The van der Waals surface area contributed by atoms with Gasteiger partial charge in [-0.3, -0.25) is 4.79 Å². The Morgan fingerprint density at radius 3 is 2.69 bits per heavy atom. The maximum absolute atomic E-state index is 12.8. The predicted molar refractivity (Wildman–Crippen MR) is 116 cm³/mol. The van der Waals surface area contributed by atoms with Gasteiger partial charge in [-0.05, 0) is 23.8 Å². The summed E-state index contributed by atoms with van der Waals surface area (Å²) in [5.41, 5.74) is 3.58. The van der Waals surface area contributed by atoms with Gasteiger partial charge in [-0.15, -0.1) is 5.10 Å². The molecule has 0 atom stereocenters. The van der Waals surface area contributed by atoms with Crippen LogP contribution >= 0.6 is 0 Å².